The first kappa shape index (κ1) is 12.4. The molecule has 0 saturated heterocycles. The van der Waals surface area contributed by atoms with E-state index in [2.05, 4.69) is 0 Å². The standard InChI is InChI=1S/C13H9FO3S/c14-11-4-6-12(7-5-11)18(16,17)13-3-1-2-10(8-13)9-15/h1-9H. The lowest BCUT2D eigenvalue weighted by Crippen LogP contribution is -2.02. The Bertz CT molecular complexity index is 676. The van der Waals surface area contributed by atoms with E-state index in [9.17, 15) is 17.6 Å². The summed E-state index contributed by atoms with van der Waals surface area (Å²) in [6.07, 6.45) is 0.573. The predicted octanol–water partition coefficient (Wildman–Crippen LogP) is 2.47. The summed E-state index contributed by atoms with van der Waals surface area (Å²) in [7, 11) is -3.71. The van der Waals surface area contributed by atoms with Gasteiger partial charge in [0.2, 0.25) is 9.84 Å². The van der Waals surface area contributed by atoms with Crippen molar-refractivity contribution in [1.29, 1.82) is 0 Å². The maximum Gasteiger partial charge on any atom is 0.206 e. The molecule has 0 aliphatic carbocycles. The smallest absolute Gasteiger partial charge is 0.206 e. The van der Waals surface area contributed by atoms with Gasteiger partial charge in [-0.15, -0.1) is 0 Å². The van der Waals surface area contributed by atoms with E-state index in [4.69, 9.17) is 0 Å². The third-order valence-electron chi connectivity index (χ3n) is 2.43. The molecule has 0 heterocycles. The van der Waals surface area contributed by atoms with Crippen LogP contribution in [0, 0.1) is 5.82 Å². The van der Waals surface area contributed by atoms with Crippen LogP contribution < -0.4 is 0 Å². The lowest BCUT2D eigenvalue weighted by molar-refractivity contribution is 0.112. The lowest BCUT2D eigenvalue weighted by Gasteiger charge is -2.04. The summed E-state index contributed by atoms with van der Waals surface area (Å²) in [5.74, 6) is -0.504. The van der Waals surface area contributed by atoms with Gasteiger partial charge in [-0.05, 0) is 36.4 Å². The number of carbonyl (C=O) groups is 1. The highest BCUT2D eigenvalue weighted by Gasteiger charge is 2.17. The minimum atomic E-state index is -3.71. The molecule has 2 aromatic carbocycles. The highest BCUT2D eigenvalue weighted by Crippen LogP contribution is 2.21. The van der Waals surface area contributed by atoms with E-state index in [1.807, 2.05) is 0 Å². The molecule has 0 spiro atoms. The molecule has 0 unspecified atom stereocenters. The third-order valence-corrected chi connectivity index (χ3v) is 4.20. The Labute approximate surface area is 104 Å². The SMILES string of the molecule is O=Cc1cccc(S(=O)(=O)c2ccc(F)cc2)c1. The van der Waals surface area contributed by atoms with E-state index in [0.29, 0.717) is 6.29 Å². The molecule has 3 nitrogen and oxygen atoms in total. The molecular formula is C13H9FO3S. The average Bonchev–Trinajstić information content (AvgIpc) is 2.39. The van der Waals surface area contributed by atoms with Gasteiger partial charge in [0.1, 0.15) is 12.1 Å². The summed E-state index contributed by atoms with van der Waals surface area (Å²) < 4.78 is 37.1. The summed E-state index contributed by atoms with van der Waals surface area (Å²) >= 11 is 0. The first-order valence-electron chi connectivity index (χ1n) is 5.10. The summed E-state index contributed by atoms with van der Waals surface area (Å²) in [6, 6.07) is 10.2. The minimum absolute atomic E-state index is 0.00745. The molecule has 0 aliphatic rings. The van der Waals surface area contributed by atoms with Crippen LogP contribution in [0.5, 0.6) is 0 Å². The number of benzene rings is 2. The van der Waals surface area contributed by atoms with Gasteiger partial charge in [-0.1, -0.05) is 12.1 Å². The van der Waals surface area contributed by atoms with Crippen LogP contribution in [0.25, 0.3) is 0 Å². The first-order valence-corrected chi connectivity index (χ1v) is 6.58. The summed E-state index contributed by atoms with van der Waals surface area (Å²) in [5, 5.41) is 0. The number of sulfone groups is 1. The van der Waals surface area contributed by atoms with Crippen LogP contribution in [0.3, 0.4) is 0 Å². The molecule has 92 valence electrons. The van der Waals surface area contributed by atoms with Crippen LogP contribution in [-0.4, -0.2) is 14.7 Å². The Morgan fingerprint density at radius 1 is 0.944 bits per heavy atom. The Hall–Kier alpha value is -2.01. The topological polar surface area (TPSA) is 51.2 Å². The van der Waals surface area contributed by atoms with E-state index in [0.717, 1.165) is 12.1 Å². The Kier molecular flexibility index (Phi) is 3.25. The molecule has 0 radical (unpaired) electrons. The summed E-state index contributed by atoms with van der Waals surface area (Å²) in [5.41, 5.74) is 0.276. The molecule has 0 aromatic heterocycles. The second-order valence-corrected chi connectivity index (χ2v) is 5.60. The first-order chi connectivity index (χ1) is 8.54. The zero-order valence-corrected chi connectivity index (χ0v) is 10.0. The zero-order chi connectivity index (χ0) is 13.2. The zero-order valence-electron chi connectivity index (χ0n) is 9.21. The fraction of sp³-hybridized carbons (Fsp3) is 0. The largest absolute Gasteiger partial charge is 0.298 e. The van der Waals surface area contributed by atoms with Crippen molar-refractivity contribution in [2.45, 2.75) is 9.79 Å². The molecule has 18 heavy (non-hydrogen) atoms. The second-order valence-electron chi connectivity index (χ2n) is 3.65. The molecule has 0 amide bonds. The van der Waals surface area contributed by atoms with Crippen molar-refractivity contribution >= 4 is 16.1 Å². The van der Waals surface area contributed by atoms with Crippen LogP contribution >= 0.6 is 0 Å². The van der Waals surface area contributed by atoms with E-state index < -0.39 is 15.7 Å². The molecule has 0 bridgehead atoms. The molecular weight excluding hydrogens is 255 g/mol. The summed E-state index contributed by atoms with van der Waals surface area (Å²) in [4.78, 5) is 10.6. The predicted molar refractivity (Wildman–Crippen MR) is 63.7 cm³/mol. The molecule has 5 heteroatoms. The number of hydrogen-bond donors (Lipinski definition) is 0. The van der Waals surface area contributed by atoms with Crippen molar-refractivity contribution in [1.82, 2.24) is 0 Å². The van der Waals surface area contributed by atoms with E-state index >= 15 is 0 Å². The quantitative estimate of drug-likeness (QED) is 0.632. The lowest BCUT2D eigenvalue weighted by atomic mass is 10.2. The third kappa shape index (κ3) is 2.31. The van der Waals surface area contributed by atoms with E-state index in [1.165, 1.54) is 36.4 Å². The monoisotopic (exact) mass is 264 g/mol. The van der Waals surface area contributed by atoms with Crippen LogP contribution in [-0.2, 0) is 9.84 Å². The Balaban J connectivity index is 2.54. The molecule has 0 fully saturated rings. The van der Waals surface area contributed by atoms with Crippen LogP contribution in [0.2, 0.25) is 0 Å². The second kappa shape index (κ2) is 4.70. The van der Waals surface area contributed by atoms with Gasteiger partial charge in [0.25, 0.3) is 0 Å². The van der Waals surface area contributed by atoms with Crippen LogP contribution in [0.1, 0.15) is 10.4 Å². The minimum Gasteiger partial charge on any atom is -0.298 e. The molecule has 2 aromatic rings. The van der Waals surface area contributed by atoms with Gasteiger partial charge in [0.05, 0.1) is 9.79 Å². The van der Waals surface area contributed by atoms with Crippen molar-refractivity contribution in [3.8, 4) is 0 Å². The number of hydrogen-bond acceptors (Lipinski definition) is 3. The van der Waals surface area contributed by atoms with Crippen molar-refractivity contribution in [3.63, 3.8) is 0 Å². The van der Waals surface area contributed by atoms with Gasteiger partial charge in [-0.2, -0.15) is 0 Å². The molecule has 0 saturated carbocycles. The summed E-state index contributed by atoms with van der Waals surface area (Å²) in [6.45, 7) is 0. The maximum atomic E-state index is 12.8. The maximum absolute atomic E-state index is 12.8. The molecule has 0 aliphatic heterocycles. The number of aldehydes is 1. The Morgan fingerprint density at radius 3 is 2.22 bits per heavy atom. The van der Waals surface area contributed by atoms with Crippen molar-refractivity contribution in [3.05, 3.63) is 59.9 Å². The number of rotatable bonds is 3. The highest BCUT2D eigenvalue weighted by molar-refractivity contribution is 7.91. The van der Waals surface area contributed by atoms with Crippen molar-refractivity contribution in [2.24, 2.45) is 0 Å². The van der Waals surface area contributed by atoms with Gasteiger partial charge in [-0.25, -0.2) is 12.8 Å². The van der Waals surface area contributed by atoms with Gasteiger partial charge >= 0.3 is 0 Å². The van der Waals surface area contributed by atoms with Crippen LogP contribution in [0.15, 0.2) is 58.3 Å². The van der Waals surface area contributed by atoms with Gasteiger partial charge in [0, 0.05) is 5.56 Å². The molecule has 0 atom stereocenters. The fourth-order valence-corrected chi connectivity index (χ4v) is 2.82. The van der Waals surface area contributed by atoms with Crippen molar-refractivity contribution < 1.29 is 17.6 Å². The Morgan fingerprint density at radius 2 is 1.61 bits per heavy atom. The van der Waals surface area contributed by atoms with E-state index in [-0.39, 0.29) is 15.4 Å². The number of halogens is 1. The highest BCUT2D eigenvalue weighted by atomic mass is 32.2. The van der Waals surface area contributed by atoms with E-state index in [1.54, 1.807) is 0 Å². The van der Waals surface area contributed by atoms with Gasteiger partial charge in [-0.3, -0.25) is 4.79 Å². The van der Waals surface area contributed by atoms with Gasteiger partial charge in [0.15, 0.2) is 0 Å². The average molecular weight is 264 g/mol. The normalized spacial score (nSPS) is 11.2. The molecule has 0 N–H and O–H groups in total. The molecule has 2 rings (SSSR count). The fourth-order valence-electron chi connectivity index (χ4n) is 1.50. The van der Waals surface area contributed by atoms with Crippen molar-refractivity contribution in [2.75, 3.05) is 0 Å². The van der Waals surface area contributed by atoms with Gasteiger partial charge < -0.3 is 0 Å². The number of carbonyl (C=O) groups excluding carboxylic acids is 1. The van der Waals surface area contributed by atoms with Crippen LogP contribution in [0.4, 0.5) is 4.39 Å².